The van der Waals surface area contributed by atoms with Gasteiger partial charge in [-0.1, -0.05) is 0 Å². The van der Waals surface area contributed by atoms with Crippen molar-refractivity contribution >= 4 is 5.97 Å². The molecule has 0 bridgehead atoms. The highest BCUT2D eigenvalue weighted by Crippen LogP contribution is 2.12. The predicted octanol–water partition coefficient (Wildman–Crippen LogP) is 2.36. The van der Waals surface area contributed by atoms with Crippen molar-refractivity contribution in [2.75, 3.05) is 13.7 Å². The summed E-state index contributed by atoms with van der Waals surface area (Å²) in [6.07, 6.45) is 2.55. The second-order valence-corrected chi connectivity index (χ2v) is 2.86. The fraction of sp³-hybridized carbons (Fsp3) is 0.250. The molecule has 1 aromatic carbocycles. The van der Waals surface area contributed by atoms with E-state index in [0.29, 0.717) is 17.9 Å². The maximum absolute atomic E-state index is 11.4. The smallest absolute Gasteiger partial charge is 0.343 e. The van der Waals surface area contributed by atoms with E-state index in [0.717, 1.165) is 0 Å². The van der Waals surface area contributed by atoms with Crippen molar-refractivity contribution in [1.29, 1.82) is 0 Å². The first-order chi connectivity index (χ1) is 7.77. The van der Waals surface area contributed by atoms with Crippen LogP contribution in [-0.4, -0.2) is 19.7 Å². The molecule has 0 radical (unpaired) electrons. The van der Waals surface area contributed by atoms with Gasteiger partial charge in [-0.3, -0.25) is 0 Å². The molecule has 0 saturated heterocycles. The average Bonchev–Trinajstić information content (AvgIpc) is 2.34. The summed E-state index contributed by atoms with van der Waals surface area (Å²) in [5.41, 5.74) is 0.460. The van der Waals surface area contributed by atoms with Crippen molar-refractivity contribution in [3.05, 3.63) is 42.4 Å². The molecule has 4 nitrogen and oxygen atoms in total. The largest absolute Gasteiger partial charge is 0.498 e. The number of carbonyl (C=O) groups excluding carboxylic acids is 1. The van der Waals surface area contributed by atoms with E-state index in [2.05, 4.69) is 0 Å². The van der Waals surface area contributed by atoms with Crippen LogP contribution in [-0.2, 0) is 9.47 Å². The van der Waals surface area contributed by atoms with Crippen LogP contribution >= 0.6 is 0 Å². The molecule has 0 aliphatic carbocycles. The monoisotopic (exact) mass is 222 g/mol. The van der Waals surface area contributed by atoms with Gasteiger partial charge >= 0.3 is 5.97 Å². The van der Waals surface area contributed by atoms with E-state index >= 15 is 0 Å². The minimum Gasteiger partial charge on any atom is -0.498 e. The van der Waals surface area contributed by atoms with E-state index in [1.54, 1.807) is 31.4 Å². The van der Waals surface area contributed by atoms with Gasteiger partial charge < -0.3 is 14.2 Å². The Kier molecular flexibility index (Phi) is 4.92. The minimum atomic E-state index is -0.432. The summed E-state index contributed by atoms with van der Waals surface area (Å²) >= 11 is 0. The van der Waals surface area contributed by atoms with Crippen LogP contribution < -0.4 is 4.74 Å². The lowest BCUT2D eigenvalue weighted by Gasteiger charge is -2.01. The highest BCUT2D eigenvalue weighted by molar-refractivity contribution is 5.89. The average molecular weight is 222 g/mol. The Balaban J connectivity index is 2.52. The topological polar surface area (TPSA) is 44.8 Å². The molecule has 16 heavy (non-hydrogen) atoms. The van der Waals surface area contributed by atoms with Gasteiger partial charge in [0.15, 0.2) is 0 Å². The van der Waals surface area contributed by atoms with Crippen LogP contribution in [0.4, 0.5) is 0 Å². The van der Waals surface area contributed by atoms with Crippen LogP contribution in [0.3, 0.4) is 0 Å². The molecule has 0 amide bonds. The Morgan fingerprint density at radius 2 is 1.94 bits per heavy atom. The van der Waals surface area contributed by atoms with Gasteiger partial charge in [0.05, 0.1) is 19.3 Å². The van der Waals surface area contributed by atoms with Gasteiger partial charge in [-0.2, -0.15) is 0 Å². The lowest BCUT2D eigenvalue weighted by atomic mass is 10.2. The first-order valence-corrected chi connectivity index (χ1v) is 4.89. The fourth-order valence-corrected chi connectivity index (χ4v) is 1.02. The predicted molar refractivity (Wildman–Crippen MR) is 59.2 cm³/mol. The molecule has 1 aromatic rings. The van der Waals surface area contributed by atoms with Crippen molar-refractivity contribution < 1.29 is 19.0 Å². The second kappa shape index (κ2) is 6.50. The molecule has 0 N–H and O–H groups in total. The highest BCUT2D eigenvalue weighted by atomic mass is 16.5. The van der Waals surface area contributed by atoms with E-state index in [1.807, 2.05) is 6.92 Å². The zero-order chi connectivity index (χ0) is 11.8. The highest BCUT2D eigenvalue weighted by Gasteiger charge is 2.04. The molecule has 0 heterocycles. The molecule has 0 aromatic heterocycles. The molecule has 0 saturated carbocycles. The van der Waals surface area contributed by atoms with Crippen LogP contribution in [0.15, 0.2) is 36.8 Å². The van der Waals surface area contributed by atoms with Crippen LogP contribution in [0.2, 0.25) is 0 Å². The number of ether oxygens (including phenoxy) is 3. The summed E-state index contributed by atoms with van der Waals surface area (Å²) in [5, 5.41) is 0. The van der Waals surface area contributed by atoms with Crippen molar-refractivity contribution in [1.82, 2.24) is 0 Å². The van der Waals surface area contributed by atoms with Crippen LogP contribution in [0.1, 0.15) is 17.3 Å². The lowest BCUT2D eigenvalue weighted by Crippen LogP contribution is -2.00. The molecule has 0 unspecified atom stereocenters. The number of hydrogen-bond acceptors (Lipinski definition) is 4. The normalized spacial score (nSPS) is 10.1. The molecule has 86 valence electrons. The Morgan fingerprint density at radius 3 is 2.50 bits per heavy atom. The zero-order valence-electron chi connectivity index (χ0n) is 9.30. The Hall–Kier alpha value is -1.97. The summed E-state index contributed by atoms with van der Waals surface area (Å²) in [6.45, 7) is 2.38. The summed E-state index contributed by atoms with van der Waals surface area (Å²) in [7, 11) is 1.57. The number of rotatable bonds is 5. The summed E-state index contributed by atoms with van der Waals surface area (Å²) in [6, 6.07) is 6.66. The summed E-state index contributed by atoms with van der Waals surface area (Å²) in [4.78, 5) is 11.4. The third-order valence-electron chi connectivity index (χ3n) is 1.82. The maximum Gasteiger partial charge on any atom is 0.343 e. The van der Waals surface area contributed by atoms with Gasteiger partial charge in [-0.05, 0) is 31.2 Å². The van der Waals surface area contributed by atoms with Crippen molar-refractivity contribution in [3.8, 4) is 5.75 Å². The van der Waals surface area contributed by atoms with Gasteiger partial charge in [0, 0.05) is 0 Å². The van der Waals surface area contributed by atoms with E-state index in [9.17, 15) is 4.79 Å². The maximum atomic E-state index is 11.4. The second-order valence-electron chi connectivity index (χ2n) is 2.86. The van der Waals surface area contributed by atoms with Gasteiger partial charge in [0.2, 0.25) is 0 Å². The molecule has 0 atom stereocenters. The van der Waals surface area contributed by atoms with E-state index in [1.165, 1.54) is 12.5 Å². The first-order valence-electron chi connectivity index (χ1n) is 4.89. The lowest BCUT2D eigenvalue weighted by molar-refractivity contribution is 0.0652. The third kappa shape index (κ3) is 3.65. The fourth-order valence-electron chi connectivity index (χ4n) is 1.02. The van der Waals surface area contributed by atoms with Gasteiger partial charge in [0.1, 0.15) is 18.3 Å². The Bertz CT molecular complexity index is 354. The summed E-state index contributed by atoms with van der Waals surface area (Å²) < 4.78 is 14.7. The van der Waals surface area contributed by atoms with E-state index in [4.69, 9.17) is 14.2 Å². The Labute approximate surface area is 94.4 Å². The van der Waals surface area contributed by atoms with Gasteiger partial charge in [-0.25, -0.2) is 4.79 Å². The number of benzene rings is 1. The molecular formula is C12H14O4. The van der Waals surface area contributed by atoms with Gasteiger partial charge in [0.25, 0.3) is 0 Å². The molecule has 1 rings (SSSR count). The minimum absolute atomic E-state index is 0.432. The molecule has 0 aliphatic rings. The van der Waals surface area contributed by atoms with E-state index < -0.39 is 5.97 Å². The molecule has 0 aliphatic heterocycles. The number of methoxy groups -OCH3 is 1. The molecule has 0 spiro atoms. The van der Waals surface area contributed by atoms with Crippen LogP contribution in [0.5, 0.6) is 5.75 Å². The standard InChI is InChI=1S/C12H14O4/c1-3-15-8-9-16-12(13)10-4-6-11(14-2)7-5-10/h4-9H,3H2,1-2H3/b9-8+. The Morgan fingerprint density at radius 1 is 1.25 bits per heavy atom. The SMILES string of the molecule is CCO/C=C/OC(=O)c1ccc(OC)cc1. The summed E-state index contributed by atoms with van der Waals surface area (Å²) in [5.74, 6) is 0.264. The van der Waals surface area contributed by atoms with Crippen molar-refractivity contribution in [3.63, 3.8) is 0 Å². The van der Waals surface area contributed by atoms with Crippen LogP contribution in [0, 0.1) is 0 Å². The zero-order valence-corrected chi connectivity index (χ0v) is 9.30. The van der Waals surface area contributed by atoms with Crippen molar-refractivity contribution in [2.24, 2.45) is 0 Å². The van der Waals surface area contributed by atoms with Crippen LogP contribution in [0.25, 0.3) is 0 Å². The molecule has 0 fully saturated rings. The molecular weight excluding hydrogens is 208 g/mol. The van der Waals surface area contributed by atoms with Gasteiger partial charge in [-0.15, -0.1) is 0 Å². The third-order valence-corrected chi connectivity index (χ3v) is 1.82. The van der Waals surface area contributed by atoms with Crippen molar-refractivity contribution in [2.45, 2.75) is 6.92 Å². The number of carbonyl (C=O) groups is 1. The number of esters is 1. The van der Waals surface area contributed by atoms with E-state index in [-0.39, 0.29) is 0 Å². The quantitative estimate of drug-likeness (QED) is 0.566. The molecule has 4 heteroatoms. The number of hydrogen-bond donors (Lipinski definition) is 0. The first kappa shape index (κ1) is 12.1.